The van der Waals surface area contributed by atoms with Gasteiger partial charge < -0.3 is 9.13 Å². The van der Waals surface area contributed by atoms with Crippen LogP contribution >= 0.6 is 0 Å². The van der Waals surface area contributed by atoms with Crippen LogP contribution in [0.15, 0.2) is 200 Å². The molecular formula is C67H36F3N7. The average molecular weight is 996 g/mol. The summed E-state index contributed by atoms with van der Waals surface area (Å²) < 4.78 is 48.2. The second-order valence-corrected chi connectivity index (χ2v) is 18.7. The van der Waals surface area contributed by atoms with Crippen LogP contribution in [0.3, 0.4) is 0 Å². The molecule has 7 nitrogen and oxygen atoms in total. The van der Waals surface area contributed by atoms with Crippen LogP contribution in [0.4, 0.5) is 30.2 Å². The molecule has 0 amide bonds. The van der Waals surface area contributed by atoms with Crippen LogP contribution in [0, 0.1) is 49.3 Å². The van der Waals surface area contributed by atoms with Gasteiger partial charge in [-0.25, -0.2) is 14.5 Å². The summed E-state index contributed by atoms with van der Waals surface area (Å²) in [5.41, 5.74) is 12.0. The molecule has 77 heavy (non-hydrogen) atoms. The van der Waals surface area contributed by atoms with Gasteiger partial charge in [-0.2, -0.15) is 23.7 Å². The SMILES string of the molecule is [C-]#[N+]c1ccccc1-c1ccc2c3ccc(-c4ccccc4C#N)cc3n(-c3cc(C#N)cc(-n4c5cc(-c6ccccc6[N+]#[C-])ccc5c5ccc(-c6ccccc6[N+]#[C-])cc54)c3-c3ccc(C(F)(F)F)cc3C)c2c1. The maximum absolute atomic E-state index is 14.7. The fourth-order valence-corrected chi connectivity index (χ4v) is 10.9. The number of nitriles is 2. The summed E-state index contributed by atoms with van der Waals surface area (Å²) in [7, 11) is 0. The van der Waals surface area contributed by atoms with Crippen LogP contribution in [0.1, 0.15) is 22.3 Å². The molecule has 0 saturated heterocycles. The van der Waals surface area contributed by atoms with Gasteiger partial charge in [-0.05, 0) is 117 Å². The molecule has 0 bridgehead atoms. The lowest BCUT2D eigenvalue weighted by Gasteiger charge is -2.23. The molecule has 10 aromatic carbocycles. The summed E-state index contributed by atoms with van der Waals surface area (Å²) in [6.45, 7) is 25.9. The van der Waals surface area contributed by atoms with Crippen molar-refractivity contribution in [2.45, 2.75) is 13.1 Å². The van der Waals surface area contributed by atoms with Crippen LogP contribution in [0.2, 0.25) is 0 Å². The third kappa shape index (κ3) is 7.80. The van der Waals surface area contributed by atoms with E-state index in [2.05, 4.69) is 31.2 Å². The molecule has 0 fully saturated rings. The highest BCUT2D eigenvalue weighted by Crippen LogP contribution is 2.48. The smallest absolute Gasteiger partial charge is 0.308 e. The number of alkyl halides is 3. The minimum atomic E-state index is -4.65. The molecule has 0 aliphatic carbocycles. The molecular weight excluding hydrogens is 960 g/mol. The van der Waals surface area contributed by atoms with E-state index in [0.717, 1.165) is 55.9 Å². The maximum atomic E-state index is 14.7. The predicted octanol–water partition coefficient (Wildman–Crippen LogP) is 18.9. The topological polar surface area (TPSA) is 70.5 Å². The van der Waals surface area contributed by atoms with E-state index in [-0.39, 0.29) is 5.56 Å². The first kappa shape index (κ1) is 47.1. The molecule has 2 heterocycles. The number of para-hydroxylation sites is 3. The van der Waals surface area contributed by atoms with Crippen molar-refractivity contribution in [3.8, 4) is 79.1 Å². The Bertz CT molecular complexity index is 4220. The number of hydrogen-bond acceptors (Lipinski definition) is 2. The highest BCUT2D eigenvalue weighted by Gasteiger charge is 2.32. The molecule has 0 radical (unpaired) electrons. The van der Waals surface area contributed by atoms with Crippen LogP contribution in [0.25, 0.3) is 125 Å². The van der Waals surface area contributed by atoms with Gasteiger partial charge in [0, 0.05) is 27.1 Å². The molecule has 0 atom stereocenters. The van der Waals surface area contributed by atoms with Crippen molar-refractivity contribution in [2.75, 3.05) is 0 Å². The molecule has 360 valence electrons. The Balaban J connectivity index is 1.28. The van der Waals surface area contributed by atoms with Crippen molar-refractivity contribution >= 4 is 60.7 Å². The lowest BCUT2D eigenvalue weighted by molar-refractivity contribution is -0.137. The second-order valence-electron chi connectivity index (χ2n) is 18.7. The summed E-state index contributed by atoms with van der Waals surface area (Å²) in [5.74, 6) is 0. The van der Waals surface area contributed by atoms with Crippen LogP contribution in [-0.4, -0.2) is 9.13 Å². The fraction of sp³-hybridized carbons (Fsp3) is 0.0299. The number of nitrogens with zero attached hydrogens (tertiary/aromatic N) is 7. The summed E-state index contributed by atoms with van der Waals surface area (Å²) in [5, 5.41) is 24.9. The van der Waals surface area contributed by atoms with Crippen molar-refractivity contribution in [1.29, 1.82) is 10.5 Å². The van der Waals surface area contributed by atoms with E-state index >= 15 is 0 Å². The largest absolute Gasteiger partial charge is 0.416 e. The summed E-state index contributed by atoms with van der Waals surface area (Å²) >= 11 is 0. The van der Waals surface area contributed by atoms with Gasteiger partial charge in [0.05, 0.1) is 82.0 Å². The summed E-state index contributed by atoms with van der Waals surface area (Å²) in [6, 6.07) is 65.3. The zero-order valence-corrected chi connectivity index (χ0v) is 40.8. The van der Waals surface area contributed by atoms with Crippen molar-refractivity contribution in [3.63, 3.8) is 0 Å². The molecule has 10 heteroatoms. The van der Waals surface area contributed by atoms with E-state index in [0.29, 0.717) is 95.0 Å². The van der Waals surface area contributed by atoms with E-state index in [1.807, 2.05) is 144 Å². The number of rotatable bonds is 7. The number of fused-ring (bicyclic) bond motifs is 6. The lowest BCUT2D eigenvalue weighted by atomic mass is 9.93. The molecule has 0 saturated carbocycles. The van der Waals surface area contributed by atoms with Gasteiger partial charge >= 0.3 is 6.18 Å². The van der Waals surface area contributed by atoms with Crippen molar-refractivity contribution in [3.05, 3.63) is 257 Å². The molecule has 12 aromatic rings. The van der Waals surface area contributed by atoms with E-state index in [4.69, 9.17) is 19.7 Å². The summed E-state index contributed by atoms with van der Waals surface area (Å²) in [4.78, 5) is 11.6. The third-order valence-corrected chi connectivity index (χ3v) is 14.4. The third-order valence-electron chi connectivity index (χ3n) is 14.4. The number of halogens is 3. The van der Waals surface area contributed by atoms with Crippen LogP contribution < -0.4 is 0 Å². The molecule has 0 aliphatic heterocycles. The number of aromatic nitrogens is 2. The molecule has 0 unspecified atom stereocenters. The predicted molar refractivity (Wildman–Crippen MR) is 300 cm³/mol. The first-order valence-electron chi connectivity index (χ1n) is 24.4. The number of aryl methyl sites for hydroxylation is 1. The Morgan fingerprint density at radius 3 is 1.16 bits per heavy atom. The zero-order chi connectivity index (χ0) is 53.1. The Hall–Kier alpha value is -11.0. The molecule has 12 rings (SSSR count). The molecule has 0 N–H and O–H groups in total. The number of benzene rings is 10. The Morgan fingerprint density at radius 1 is 0.416 bits per heavy atom. The van der Waals surface area contributed by atoms with Crippen molar-refractivity contribution in [1.82, 2.24) is 9.13 Å². The van der Waals surface area contributed by atoms with E-state index in [1.165, 1.54) is 6.07 Å². The lowest BCUT2D eigenvalue weighted by Crippen LogP contribution is -2.08. The van der Waals surface area contributed by atoms with Gasteiger partial charge in [0.25, 0.3) is 0 Å². The minimum absolute atomic E-state index is 0.248. The minimum Gasteiger partial charge on any atom is -0.308 e. The van der Waals surface area contributed by atoms with Gasteiger partial charge in [0.2, 0.25) is 0 Å². The van der Waals surface area contributed by atoms with Gasteiger partial charge in [0.15, 0.2) is 17.1 Å². The normalized spacial score (nSPS) is 11.3. The van der Waals surface area contributed by atoms with Gasteiger partial charge in [-0.15, -0.1) is 0 Å². The van der Waals surface area contributed by atoms with Crippen LogP contribution in [-0.2, 0) is 6.18 Å². The summed E-state index contributed by atoms with van der Waals surface area (Å²) in [6.07, 6.45) is -4.65. The van der Waals surface area contributed by atoms with E-state index in [1.54, 1.807) is 49.4 Å². The van der Waals surface area contributed by atoms with Gasteiger partial charge in [-0.3, -0.25) is 0 Å². The van der Waals surface area contributed by atoms with Gasteiger partial charge in [-0.1, -0.05) is 146 Å². The standard InChI is InChI=1S/C67H36F3N7/c1-40-31-47(67(68,69)70)25-30-48(40)66-64(76-60-34-42(49-14-6-5-13-46(49)39-72)21-26-53(60)54-27-22-43(35-61(54)76)50-15-7-10-18-57(50)73-2)32-41(38-71)33-65(66)77-62-36-44(51-16-8-11-19-58(51)74-3)23-28-55(62)56-29-24-45(37-63(56)77)52-17-9-12-20-59(52)75-4/h5-37H,1H3. The quantitative estimate of drug-likeness (QED) is 0.149. The maximum Gasteiger partial charge on any atom is 0.416 e. The molecule has 0 spiro atoms. The van der Waals surface area contributed by atoms with Crippen molar-refractivity contribution in [2.24, 2.45) is 0 Å². The average Bonchev–Trinajstić information content (AvgIpc) is 3.98. The monoisotopic (exact) mass is 995 g/mol. The van der Waals surface area contributed by atoms with E-state index < -0.39 is 11.7 Å². The Morgan fingerprint density at radius 2 is 0.792 bits per heavy atom. The first-order valence-corrected chi connectivity index (χ1v) is 24.4. The van der Waals surface area contributed by atoms with E-state index in [9.17, 15) is 23.7 Å². The fourth-order valence-electron chi connectivity index (χ4n) is 10.9. The Kier molecular flexibility index (Phi) is 11.3. The van der Waals surface area contributed by atoms with Crippen molar-refractivity contribution < 1.29 is 13.2 Å². The number of hydrogen-bond donors (Lipinski definition) is 0. The first-order chi connectivity index (χ1) is 37.5. The second kappa shape index (κ2) is 18.5. The Labute approximate surface area is 440 Å². The highest BCUT2D eigenvalue weighted by atomic mass is 19.4. The van der Waals surface area contributed by atoms with Crippen LogP contribution in [0.5, 0.6) is 0 Å². The zero-order valence-electron chi connectivity index (χ0n) is 40.8. The molecule has 2 aromatic heterocycles. The highest BCUT2D eigenvalue weighted by molar-refractivity contribution is 6.14. The van der Waals surface area contributed by atoms with Gasteiger partial charge in [0.1, 0.15) is 0 Å². The molecule has 0 aliphatic rings.